The molecule has 0 N–H and O–H groups in total. The Morgan fingerprint density at radius 1 is 1.19 bits per heavy atom. The zero-order valence-corrected chi connectivity index (χ0v) is 15.9. The third-order valence-corrected chi connectivity index (χ3v) is 6.73. The Morgan fingerprint density at radius 2 is 1.93 bits per heavy atom. The third-order valence-electron chi connectivity index (χ3n) is 4.70. The summed E-state index contributed by atoms with van der Waals surface area (Å²) in [5.41, 5.74) is 0.790. The first-order valence-corrected chi connectivity index (χ1v) is 10.4. The van der Waals surface area contributed by atoms with Crippen LogP contribution in [0.5, 0.6) is 0 Å². The van der Waals surface area contributed by atoms with E-state index in [0.29, 0.717) is 12.1 Å². The summed E-state index contributed by atoms with van der Waals surface area (Å²) in [6.45, 7) is 2.37. The van der Waals surface area contributed by atoms with Gasteiger partial charge in [0, 0.05) is 12.6 Å². The molecule has 0 spiro atoms. The van der Waals surface area contributed by atoms with Crippen molar-refractivity contribution in [3.8, 4) is 0 Å². The fraction of sp³-hybridized carbons (Fsp3) is 0.350. The summed E-state index contributed by atoms with van der Waals surface area (Å²) in [4.78, 5) is 12.3. The van der Waals surface area contributed by atoms with Crippen LogP contribution in [0, 0.1) is 5.82 Å². The lowest BCUT2D eigenvalue weighted by molar-refractivity contribution is 0.0472. The number of carbonyl (C=O) groups is 1. The first kappa shape index (κ1) is 19.5. The number of halogens is 1. The van der Waals surface area contributed by atoms with Crippen molar-refractivity contribution in [1.29, 1.82) is 0 Å². The van der Waals surface area contributed by atoms with E-state index in [1.54, 1.807) is 12.1 Å². The summed E-state index contributed by atoms with van der Waals surface area (Å²) in [5, 5.41) is 0. The van der Waals surface area contributed by atoms with Crippen molar-refractivity contribution < 1.29 is 22.3 Å². The lowest BCUT2D eigenvalue weighted by Crippen LogP contribution is -2.41. The molecule has 1 aliphatic heterocycles. The molecule has 0 radical (unpaired) electrons. The van der Waals surface area contributed by atoms with Crippen molar-refractivity contribution >= 4 is 16.0 Å². The quantitative estimate of drug-likeness (QED) is 0.729. The van der Waals surface area contributed by atoms with Crippen molar-refractivity contribution in [3.63, 3.8) is 0 Å². The molecule has 1 heterocycles. The number of piperidine rings is 1. The molecule has 2 aromatic carbocycles. The van der Waals surface area contributed by atoms with Gasteiger partial charge in [-0.1, -0.05) is 18.6 Å². The fourth-order valence-electron chi connectivity index (χ4n) is 3.19. The zero-order chi connectivity index (χ0) is 19.4. The van der Waals surface area contributed by atoms with Gasteiger partial charge in [0.2, 0.25) is 10.0 Å². The highest BCUT2D eigenvalue weighted by Crippen LogP contribution is 2.25. The highest BCUT2D eigenvalue weighted by molar-refractivity contribution is 7.89. The van der Waals surface area contributed by atoms with Crippen LogP contribution in [-0.2, 0) is 21.4 Å². The topological polar surface area (TPSA) is 63.7 Å². The standard InChI is InChI=1S/C20H22FNO4S/c1-15-5-2-3-12-22(15)27(24,25)19-10-8-17(9-11-19)20(23)26-14-16-6-4-7-18(21)13-16/h4,6-11,13,15H,2-3,5,12,14H2,1H3/t15-/m1/s1. The lowest BCUT2D eigenvalue weighted by atomic mass is 10.1. The molecule has 0 bridgehead atoms. The zero-order valence-electron chi connectivity index (χ0n) is 15.1. The molecule has 1 atom stereocenters. The second-order valence-electron chi connectivity index (χ2n) is 6.69. The Hall–Kier alpha value is -2.25. The monoisotopic (exact) mass is 391 g/mol. The molecule has 0 aromatic heterocycles. The van der Waals surface area contributed by atoms with Crippen LogP contribution in [0.15, 0.2) is 53.4 Å². The van der Waals surface area contributed by atoms with Gasteiger partial charge in [-0.2, -0.15) is 4.31 Å². The molecule has 0 aliphatic carbocycles. The van der Waals surface area contributed by atoms with Crippen molar-refractivity contribution in [3.05, 3.63) is 65.5 Å². The second kappa shape index (κ2) is 8.19. The first-order valence-electron chi connectivity index (χ1n) is 8.91. The fourth-order valence-corrected chi connectivity index (χ4v) is 4.89. The van der Waals surface area contributed by atoms with Crippen LogP contribution < -0.4 is 0 Å². The average molecular weight is 391 g/mol. The summed E-state index contributed by atoms with van der Waals surface area (Å²) in [7, 11) is -3.57. The molecule has 1 fully saturated rings. The average Bonchev–Trinajstić information content (AvgIpc) is 2.66. The van der Waals surface area contributed by atoms with Gasteiger partial charge >= 0.3 is 5.97 Å². The Balaban J connectivity index is 1.68. The van der Waals surface area contributed by atoms with E-state index in [-0.39, 0.29) is 23.1 Å². The summed E-state index contributed by atoms with van der Waals surface area (Å²) in [5.74, 6) is -0.986. The Kier molecular flexibility index (Phi) is 5.92. The van der Waals surface area contributed by atoms with Gasteiger partial charge in [0.1, 0.15) is 12.4 Å². The molecule has 1 aliphatic rings. The molecular formula is C20H22FNO4S. The number of ether oxygens (including phenoxy) is 1. The predicted octanol–water partition coefficient (Wildman–Crippen LogP) is 3.75. The van der Waals surface area contributed by atoms with E-state index in [1.165, 1.54) is 40.7 Å². The summed E-state index contributed by atoms with van der Waals surface area (Å²) >= 11 is 0. The van der Waals surface area contributed by atoms with Crippen LogP contribution in [-0.4, -0.2) is 31.3 Å². The van der Waals surface area contributed by atoms with E-state index in [0.717, 1.165) is 19.3 Å². The van der Waals surface area contributed by atoms with Gasteiger partial charge in [0.15, 0.2) is 0 Å². The maximum Gasteiger partial charge on any atom is 0.338 e. The minimum absolute atomic E-state index is 0.0281. The highest BCUT2D eigenvalue weighted by Gasteiger charge is 2.30. The van der Waals surface area contributed by atoms with Crippen molar-refractivity contribution in [1.82, 2.24) is 4.31 Å². The molecule has 0 unspecified atom stereocenters. The summed E-state index contributed by atoms with van der Waals surface area (Å²) < 4.78 is 45.4. The van der Waals surface area contributed by atoms with Crippen LogP contribution in [0.1, 0.15) is 42.1 Å². The SMILES string of the molecule is C[C@@H]1CCCCN1S(=O)(=O)c1ccc(C(=O)OCc2cccc(F)c2)cc1. The van der Waals surface area contributed by atoms with Crippen LogP contribution in [0.25, 0.3) is 0 Å². The van der Waals surface area contributed by atoms with Crippen LogP contribution in [0.4, 0.5) is 4.39 Å². The van der Waals surface area contributed by atoms with Gasteiger partial charge in [-0.15, -0.1) is 0 Å². The molecule has 1 saturated heterocycles. The van der Waals surface area contributed by atoms with E-state index in [9.17, 15) is 17.6 Å². The molecule has 3 rings (SSSR count). The van der Waals surface area contributed by atoms with Crippen LogP contribution in [0.2, 0.25) is 0 Å². The van der Waals surface area contributed by atoms with E-state index < -0.39 is 21.8 Å². The van der Waals surface area contributed by atoms with E-state index in [4.69, 9.17) is 4.74 Å². The normalized spacial score (nSPS) is 18.2. The molecule has 27 heavy (non-hydrogen) atoms. The highest BCUT2D eigenvalue weighted by atomic mass is 32.2. The van der Waals surface area contributed by atoms with Gasteiger partial charge < -0.3 is 4.74 Å². The number of hydrogen-bond acceptors (Lipinski definition) is 4. The second-order valence-corrected chi connectivity index (χ2v) is 8.58. The maximum atomic E-state index is 13.2. The minimum Gasteiger partial charge on any atom is -0.457 e. The van der Waals surface area contributed by atoms with E-state index >= 15 is 0 Å². The maximum absolute atomic E-state index is 13.2. The van der Waals surface area contributed by atoms with Gasteiger partial charge in [-0.3, -0.25) is 0 Å². The Bertz CT molecular complexity index is 912. The molecule has 5 nitrogen and oxygen atoms in total. The number of sulfonamides is 1. The molecule has 7 heteroatoms. The van der Waals surface area contributed by atoms with Gasteiger partial charge in [0.05, 0.1) is 10.5 Å². The lowest BCUT2D eigenvalue weighted by Gasteiger charge is -2.32. The van der Waals surface area contributed by atoms with Gasteiger partial charge in [-0.05, 0) is 61.7 Å². The molecule has 0 saturated carbocycles. The largest absolute Gasteiger partial charge is 0.457 e. The number of hydrogen-bond donors (Lipinski definition) is 0. The number of carbonyl (C=O) groups excluding carboxylic acids is 1. The van der Waals surface area contributed by atoms with E-state index in [2.05, 4.69) is 0 Å². The third kappa shape index (κ3) is 4.54. The van der Waals surface area contributed by atoms with Crippen molar-refractivity contribution in [2.75, 3.05) is 6.54 Å². The minimum atomic E-state index is -3.57. The van der Waals surface area contributed by atoms with Gasteiger partial charge in [0.25, 0.3) is 0 Å². The molecule has 144 valence electrons. The number of benzene rings is 2. The number of nitrogens with zero attached hydrogens (tertiary/aromatic N) is 1. The first-order chi connectivity index (χ1) is 12.9. The summed E-state index contributed by atoms with van der Waals surface area (Å²) in [6, 6.07) is 11.5. The van der Waals surface area contributed by atoms with Crippen LogP contribution in [0.3, 0.4) is 0 Å². The Morgan fingerprint density at radius 3 is 2.59 bits per heavy atom. The smallest absolute Gasteiger partial charge is 0.338 e. The van der Waals surface area contributed by atoms with Gasteiger partial charge in [-0.25, -0.2) is 17.6 Å². The molecule has 2 aromatic rings. The predicted molar refractivity (Wildman–Crippen MR) is 99.2 cm³/mol. The molecular weight excluding hydrogens is 369 g/mol. The van der Waals surface area contributed by atoms with Crippen LogP contribution >= 0.6 is 0 Å². The number of rotatable bonds is 5. The number of esters is 1. The van der Waals surface area contributed by atoms with Crippen molar-refractivity contribution in [2.45, 2.75) is 43.7 Å². The summed E-state index contributed by atoms with van der Waals surface area (Å²) in [6.07, 6.45) is 2.74. The van der Waals surface area contributed by atoms with E-state index in [1.807, 2.05) is 6.92 Å². The van der Waals surface area contributed by atoms with Crippen molar-refractivity contribution in [2.24, 2.45) is 0 Å². The Labute approximate surface area is 158 Å². The molecule has 0 amide bonds.